The van der Waals surface area contributed by atoms with E-state index in [9.17, 15) is 0 Å². The van der Waals surface area contributed by atoms with E-state index in [4.69, 9.17) is 11.1 Å². The molecule has 0 atom stereocenters. The van der Waals surface area contributed by atoms with Crippen LogP contribution in [0.4, 0.5) is 5.69 Å². The van der Waals surface area contributed by atoms with Gasteiger partial charge in [0.1, 0.15) is 5.84 Å². The van der Waals surface area contributed by atoms with Gasteiger partial charge in [-0.25, -0.2) is 0 Å². The van der Waals surface area contributed by atoms with Gasteiger partial charge in [0, 0.05) is 19.2 Å². The molecule has 1 aromatic rings. The summed E-state index contributed by atoms with van der Waals surface area (Å²) in [7, 11) is 2.07. The fourth-order valence-electron chi connectivity index (χ4n) is 1.95. The lowest BCUT2D eigenvalue weighted by Gasteiger charge is -2.25. The molecule has 0 radical (unpaired) electrons. The van der Waals surface area contributed by atoms with Gasteiger partial charge in [-0.3, -0.25) is 5.41 Å². The van der Waals surface area contributed by atoms with Crippen LogP contribution >= 0.6 is 0 Å². The number of nitrogens with two attached hydrogens (primary N) is 1. The largest absolute Gasteiger partial charge is 0.384 e. The highest BCUT2D eigenvalue weighted by atomic mass is 15.1. The first-order chi connectivity index (χ1) is 7.93. The molecular formula is C14H23N3. The zero-order chi connectivity index (χ0) is 13.0. The van der Waals surface area contributed by atoms with Gasteiger partial charge in [-0.05, 0) is 30.9 Å². The summed E-state index contributed by atoms with van der Waals surface area (Å²) in [5.41, 5.74) is 8.72. The molecule has 0 amide bonds. The number of amidine groups is 1. The van der Waals surface area contributed by atoms with E-state index in [1.54, 1.807) is 0 Å². The molecule has 0 unspecified atom stereocenters. The van der Waals surface area contributed by atoms with Crippen LogP contribution in [0, 0.1) is 18.3 Å². The van der Waals surface area contributed by atoms with E-state index in [2.05, 4.69) is 38.8 Å². The molecule has 0 saturated heterocycles. The van der Waals surface area contributed by atoms with E-state index in [0.29, 0.717) is 5.92 Å². The summed E-state index contributed by atoms with van der Waals surface area (Å²) < 4.78 is 0. The van der Waals surface area contributed by atoms with E-state index >= 15 is 0 Å². The highest BCUT2D eigenvalue weighted by Crippen LogP contribution is 2.24. The number of aryl methyl sites for hydroxylation is 1. The van der Waals surface area contributed by atoms with Crippen LogP contribution in [0.2, 0.25) is 0 Å². The van der Waals surface area contributed by atoms with Gasteiger partial charge in [0.15, 0.2) is 0 Å². The number of nitrogen functional groups attached to an aromatic ring is 1. The summed E-state index contributed by atoms with van der Waals surface area (Å²) in [5, 5.41) is 7.63. The third-order valence-corrected chi connectivity index (χ3v) is 2.95. The number of benzene rings is 1. The fraction of sp³-hybridized carbons (Fsp3) is 0.500. The van der Waals surface area contributed by atoms with Gasteiger partial charge in [0.2, 0.25) is 0 Å². The third-order valence-electron chi connectivity index (χ3n) is 2.95. The molecule has 0 aliphatic carbocycles. The van der Waals surface area contributed by atoms with E-state index in [1.165, 1.54) is 5.56 Å². The number of anilines is 1. The van der Waals surface area contributed by atoms with Crippen molar-refractivity contribution >= 4 is 11.5 Å². The first-order valence-corrected chi connectivity index (χ1v) is 6.08. The van der Waals surface area contributed by atoms with Crippen LogP contribution in [0.15, 0.2) is 18.2 Å². The van der Waals surface area contributed by atoms with Crippen molar-refractivity contribution in [3.8, 4) is 0 Å². The molecule has 3 nitrogen and oxygen atoms in total. The van der Waals surface area contributed by atoms with Crippen molar-refractivity contribution in [1.29, 1.82) is 5.41 Å². The van der Waals surface area contributed by atoms with Crippen LogP contribution in [-0.4, -0.2) is 19.4 Å². The van der Waals surface area contributed by atoms with Crippen LogP contribution in [-0.2, 0) is 0 Å². The first-order valence-electron chi connectivity index (χ1n) is 6.08. The van der Waals surface area contributed by atoms with E-state index in [1.807, 2.05) is 12.1 Å². The Balaban J connectivity index is 2.98. The second kappa shape index (κ2) is 5.71. The molecule has 0 aromatic heterocycles. The molecule has 0 saturated carbocycles. The topological polar surface area (TPSA) is 53.1 Å². The normalized spacial score (nSPS) is 10.6. The van der Waals surface area contributed by atoms with Crippen molar-refractivity contribution < 1.29 is 0 Å². The number of hydrogen-bond acceptors (Lipinski definition) is 2. The molecule has 0 fully saturated rings. The van der Waals surface area contributed by atoms with Gasteiger partial charge >= 0.3 is 0 Å². The van der Waals surface area contributed by atoms with Gasteiger partial charge in [-0.15, -0.1) is 0 Å². The number of hydrogen-bond donors (Lipinski definition) is 2. The van der Waals surface area contributed by atoms with Crippen LogP contribution in [0.25, 0.3) is 0 Å². The van der Waals surface area contributed by atoms with Crippen LogP contribution in [0.1, 0.15) is 31.4 Å². The minimum atomic E-state index is 0.139. The fourth-order valence-corrected chi connectivity index (χ4v) is 1.95. The van der Waals surface area contributed by atoms with Crippen molar-refractivity contribution in [1.82, 2.24) is 0 Å². The van der Waals surface area contributed by atoms with E-state index < -0.39 is 0 Å². The monoisotopic (exact) mass is 233 g/mol. The molecule has 0 spiro atoms. The predicted octanol–water partition coefficient (Wildman–Crippen LogP) is 2.76. The average Bonchev–Trinajstić information content (AvgIpc) is 2.25. The maximum Gasteiger partial charge on any atom is 0.124 e. The molecule has 0 bridgehead atoms. The Labute approximate surface area is 104 Å². The minimum Gasteiger partial charge on any atom is -0.384 e. The Hall–Kier alpha value is -1.51. The molecular weight excluding hydrogens is 210 g/mol. The third kappa shape index (κ3) is 3.48. The Morgan fingerprint density at radius 1 is 1.41 bits per heavy atom. The Morgan fingerprint density at radius 3 is 2.59 bits per heavy atom. The zero-order valence-electron chi connectivity index (χ0n) is 11.2. The second-order valence-corrected chi connectivity index (χ2v) is 4.99. The number of nitrogens with zero attached hydrogens (tertiary/aromatic N) is 1. The van der Waals surface area contributed by atoms with Gasteiger partial charge in [0.05, 0.1) is 5.69 Å². The highest BCUT2D eigenvalue weighted by Gasteiger charge is 2.12. The van der Waals surface area contributed by atoms with Crippen molar-refractivity contribution in [3.63, 3.8) is 0 Å². The predicted molar refractivity (Wildman–Crippen MR) is 74.9 cm³/mol. The number of para-hydroxylation sites is 1. The summed E-state index contributed by atoms with van der Waals surface area (Å²) in [6.45, 7) is 7.49. The maximum atomic E-state index is 7.63. The van der Waals surface area contributed by atoms with Crippen molar-refractivity contribution in [2.45, 2.75) is 27.2 Å². The Bertz CT molecular complexity index is 396. The highest BCUT2D eigenvalue weighted by molar-refractivity contribution is 6.01. The smallest absolute Gasteiger partial charge is 0.124 e. The van der Waals surface area contributed by atoms with Gasteiger partial charge in [-0.1, -0.05) is 26.0 Å². The Morgan fingerprint density at radius 2 is 2.06 bits per heavy atom. The van der Waals surface area contributed by atoms with Gasteiger partial charge in [0.25, 0.3) is 0 Å². The number of nitrogens with one attached hydrogen (secondary N) is 1. The molecule has 0 heterocycles. The van der Waals surface area contributed by atoms with Gasteiger partial charge < -0.3 is 10.6 Å². The van der Waals surface area contributed by atoms with Gasteiger partial charge in [-0.2, -0.15) is 0 Å². The van der Waals surface area contributed by atoms with E-state index in [-0.39, 0.29) is 5.84 Å². The molecule has 1 rings (SSSR count). The number of rotatable bonds is 5. The summed E-state index contributed by atoms with van der Waals surface area (Å²) in [4.78, 5) is 2.20. The lowest BCUT2D eigenvalue weighted by molar-refractivity contribution is 0.585. The lowest BCUT2D eigenvalue weighted by atomic mass is 10.0. The van der Waals surface area contributed by atoms with Crippen molar-refractivity contribution in [2.24, 2.45) is 11.7 Å². The molecule has 3 heteroatoms. The first kappa shape index (κ1) is 13.6. The molecule has 17 heavy (non-hydrogen) atoms. The summed E-state index contributed by atoms with van der Waals surface area (Å²) in [6, 6.07) is 5.93. The second-order valence-electron chi connectivity index (χ2n) is 4.99. The minimum absolute atomic E-state index is 0.139. The molecule has 3 N–H and O–H groups in total. The average molecular weight is 233 g/mol. The Kier molecular flexibility index (Phi) is 4.55. The summed E-state index contributed by atoms with van der Waals surface area (Å²) >= 11 is 0. The zero-order valence-corrected chi connectivity index (χ0v) is 11.2. The van der Waals surface area contributed by atoms with Crippen LogP contribution in [0.5, 0.6) is 0 Å². The van der Waals surface area contributed by atoms with Crippen molar-refractivity contribution in [3.05, 3.63) is 29.3 Å². The van der Waals surface area contributed by atoms with E-state index in [0.717, 1.165) is 24.2 Å². The lowest BCUT2D eigenvalue weighted by Crippen LogP contribution is -2.25. The molecule has 0 aliphatic rings. The SMILES string of the molecule is Cc1cccc(C(=N)N)c1N(C)CCC(C)C. The van der Waals surface area contributed by atoms with Crippen molar-refractivity contribution in [2.75, 3.05) is 18.5 Å². The quantitative estimate of drug-likeness (QED) is 0.607. The van der Waals surface area contributed by atoms with Crippen LogP contribution in [0.3, 0.4) is 0 Å². The summed E-state index contributed by atoms with van der Waals surface area (Å²) in [6.07, 6.45) is 1.14. The standard InChI is InChI=1S/C14H23N3/c1-10(2)8-9-17(4)13-11(3)6-5-7-12(13)14(15)16/h5-7,10H,8-9H2,1-4H3,(H3,15,16). The summed E-state index contributed by atoms with van der Waals surface area (Å²) in [5.74, 6) is 0.822. The maximum absolute atomic E-state index is 7.63. The molecule has 0 aliphatic heterocycles. The molecule has 1 aromatic carbocycles. The molecule has 94 valence electrons. The van der Waals surface area contributed by atoms with Crippen LogP contribution < -0.4 is 10.6 Å².